The summed E-state index contributed by atoms with van der Waals surface area (Å²) >= 11 is 1.06. The molecule has 2 aliphatic rings. The van der Waals surface area contributed by atoms with Gasteiger partial charge in [-0.05, 0) is 18.6 Å². The van der Waals surface area contributed by atoms with E-state index in [0.29, 0.717) is 27.3 Å². The van der Waals surface area contributed by atoms with Gasteiger partial charge in [0.05, 0.1) is 28.6 Å². The maximum atomic E-state index is 14.0. The molecule has 0 aliphatic carbocycles. The predicted octanol–water partition coefficient (Wildman–Crippen LogP) is 2.23. The van der Waals surface area contributed by atoms with Gasteiger partial charge in [0.25, 0.3) is 11.5 Å². The van der Waals surface area contributed by atoms with Gasteiger partial charge in [-0.1, -0.05) is 72.5 Å². The molecule has 1 aromatic heterocycles. The lowest BCUT2D eigenvalue weighted by molar-refractivity contribution is -0.138. The smallest absolute Gasteiger partial charge is 0.338 e. The molecular formula is C27H21N3O5S. The van der Waals surface area contributed by atoms with E-state index in [4.69, 9.17) is 4.74 Å². The summed E-state index contributed by atoms with van der Waals surface area (Å²) in [5, 5.41) is 0. The first kappa shape index (κ1) is 23.4. The van der Waals surface area contributed by atoms with E-state index in [1.165, 1.54) is 17.6 Å². The Hall–Kier alpha value is -4.37. The largest absolute Gasteiger partial charge is 0.458 e. The topological polar surface area (TPSA) is 98.0 Å². The van der Waals surface area contributed by atoms with Gasteiger partial charge in [-0.3, -0.25) is 19.0 Å². The molecule has 1 unspecified atom stereocenters. The Kier molecular flexibility index (Phi) is 5.85. The normalized spacial score (nSPS) is 17.9. The number of rotatable bonds is 4. The number of amides is 2. The second-order valence-electron chi connectivity index (χ2n) is 8.25. The van der Waals surface area contributed by atoms with Crippen LogP contribution < -0.4 is 19.8 Å². The summed E-state index contributed by atoms with van der Waals surface area (Å²) < 4.78 is 6.91. The molecule has 2 aromatic carbocycles. The van der Waals surface area contributed by atoms with Crippen molar-refractivity contribution in [1.82, 2.24) is 4.57 Å². The van der Waals surface area contributed by atoms with Crippen LogP contribution in [0.25, 0.3) is 5.57 Å². The third-order valence-electron chi connectivity index (χ3n) is 6.04. The van der Waals surface area contributed by atoms with E-state index in [2.05, 4.69) is 11.6 Å². The number of para-hydroxylation sites is 1. The summed E-state index contributed by atoms with van der Waals surface area (Å²) in [6, 6.07) is 15.2. The van der Waals surface area contributed by atoms with Crippen LogP contribution in [0.2, 0.25) is 0 Å². The standard InChI is InChI=1S/C27H21N3O5S/c1-4-14-35-26(34)20-15(2)28-27-30(22(20)17-10-6-5-7-11-17)25(33)23(36-27)21-18-12-8-9-13-19(18)29(16(3)31)24(21)32/h4-13,22H,1,14H2,2-3H3/b23-21+. The molecule has 0 fully saturated rings. The van der Waals surface area contributed by atoms with Crippen LogP contribution in [-0.4, -0.2) is 29.0 Å². The van der Waals surface area contributed by atoms with Crippen LogP contribution in [-0.2, 0) is 19.1 Å². The van der Waals surface area contributed by atoms with Crippen molar-refractivity contribution in [1.29, 1.82) is 0 Å². The number of nitrogens with zero attached hydrogens (tertiary/aromatic N) is 3. The summed E-state index contributed by atoms with van der Waals surface area (Å²) in [7, 11) is 0. The number of aromatic nitrogens is 1. The number of ether oxygens (including phenoxy) is 1. The van der Waals surface area contributed by atoms with E-state index >= 15 is 0 Å². The van der Waals surface area contributed by atoms with E-state index < -0.39 is 29.4 Å². The number of hydrogen-bond donors (Lipinski definition) is 0. The first-order valence-electron chi connectivity index (χ1n) is 11.2. The van der Waals surface area contributed by atoms with Crippen LogP contribution in [0.3, 0.4) is 0 Å². The fraction of sp³-hybridized carbons (Fsp3) is 0.148. The van der Waals surface area contributed by atoms with Gasteiger partial charge in [-0.15, -0.1) is 0 Å². The molecule has 0 saturated heterocycles. The molecule has 1 atom stereocenters. The van der Waals surface area contributed by atoms with Crippen LogP contribution in [0.5, 0.6) is 0 Å². The number of carbonyl (C=O) groups excluding carboxylic acids is 3. The lowest BCUT2D eigenvalue weighted by Gasteiger charge is -2.24. The van der Waals surface area contributed by atoms with Crippen LogP contribution in [0.15, 0.2) is 88.3 Å². The molecule has 36 heavy (non-hydrogen) atoms. The minimum Gasteiger partial charge on any atom is -0.458 e. The lowest BCUT2D eigenvalue weighted by atomic mass is 9.96. The average Bonchev–Trinajstić information content (AvgIpc) is 3.34. The molecule has 8 nitrogen and oxygen atoms in total. The lowest BCUT2D eigenvalue weighted by Crippen LogP contribution is -2.41. The van der Waals surface area contributed by atoms with Gasteiger partial charge in [-0.25, -0.2) is 14.7 Å². The molecule has 3 heterocycles. The molecule has 3 aromatic rings. The van der Waals surface area contributed by atoms with Crippen LogP contribution >= 0.6 is 11.3 Å². The zero-order valence-corrected chi connectivity index (χ0v) is 20.4. The van der Waals surface area contributed by atoms with Gasteiger partial charge in [0.1, 0.15) is 11.1 Å². The van der Waals surface area contributed by atoms with Crippen molar-refractivity contribution in [2.24, 2.45) is 4.99 Å². The van der Waals surface area contributed by atoms with Gasteiger partial charge in [0, 0.05) is 12.5 Å². The Morgan fingerprint density at radius 3 is 2.50 bits per heavy atom. The Morgan fingerprint density at radius 2 is 1.81 bits per heavy atom. The quantitative estimate of drug-likeness (QED) is 0.405. The van der Waals surface area contributed by atoms with Crippen molar-refractivity contribution in [2.45, 2.75) is 19.9 Å². The Bertz CT molecular complexity index is 1660. The SMILES string of the molecule is C=CCOC(=O)C1=C(C)N=c2s/c(=C3/C(=O)N(C(C)=O)c4ccccc43)c(=O)n2C1c1ccccc1. The molecule has 0 saturated carbocycles. The highest BCUT2D eigenvalue weighted by Gasteiger charge is 2.38. The molecular weight excluding hydrogens is 478 g/mol. The fourth-order valence-electron chi connectivity index (χ4n) is 4.54. The van der Waals surface area contributed by atoms with Gasteiger partial charge in [-0.2, -0.15) is 0 Å². The summed E-state index contributed by atoms with van der Waals surface area (Å²) in [4.78, 5) is 58.7. The highest BCUT2D eigenvalue weighted by Crippen LogP contribution is 2.35. The van der Waals surface area contributed by atoms with Gasteiger partial charge in [0.2, 0.25) is 5.91 Å². The number of allylic oxidation sites excluding steroid dienone is 1. The zero-order chi connectivity index (χ0) is 25.6. The second kappa shape index (κ2) is 9.01. The minimum absolute atomic E-state index is 0.0118. The van der Waals surface area contributed by atoms with E-state index in [-0.39, 0.29) is 22.3 Å². The summed E-state index contributed by atoms with van der Waals surface area (Å²) in [5.41, 5.74) is 1.94. The Morgan fingerprint density at radius 1 is 1.11 bits per heavy atom. The van der Waals surface area contributed by atoms with E-state index in [9.17, 15) is 19.2 Å². The number of thiazole rings is 1. The molecule has 2 aliphatic heterocycles. The van der Waals surface area contributed by atoms with Gasteiger partial charge < -0.3 is 4.74 Å². The van der Waals surface area contributed by atoms with E-state index in [1.807, 2.05) is 30.3 Å². The molecule has 9 heteroatoms. The van der Waals surface area contributed by atoms with Crippen molar-refractivity contribution in [3.05, 3.63) is 109 Å². The number of anilines is 1. The number of benzene rings is 2. The molecule has 5 rings (SSSR count). The Balaban J connectivity index is 1.81. The number of fused-ring (bicyclic) bond motifs is 2. The first-order valence-corrected chi connectivity index (χ1v) is 12.0. The zero-order valence-electron chi connectivity index (χ0n) is 19.6. The third kappa shape index (κ3) is 3.56. The molecule has 0 N–H and O–H groups in total. The van der Waals surface area contributed by atoms with Crippen molar-refractivity contribution < 1.29 is 19.1 Å². The van der Waals surface area contributed by atoms with Crippen LogP contribution in [0.1, 0.15) is 31.0 Å². The maximum absolute atomic E-state index is 14.0. The predicted molar refractivity (Wildman–Crippen MR) is 135 cm³/mol. The first-order chi connectivity index (χ1) is 17.3. The number of carbonyl (C=O) groups is 3. The molecule has 0 bridgehead atoms. The Labute approximate surface area is 209 Å². The van der Waals surface area contributed by atoms with Crippen molar-refractivity contribution in [3.8, 4) is 0 Å². The fourth-order valence-corrected chi connectivity index (χ4v) is 5.68. The number of esters is 1. The summed E-state index contributed by atoms with van der Waals surface area (Å²) in [6.45, 7) is 6.59. The summed E-state index contributed by atoms with van der Waals surface area (Å²) in [5.74, 6) is -1.61. The van der Waals surface area contributed by atoms with Crippen molar-refractivity contribution >= 4 is 40.4 Å². The van der Waals surface area contributed by atoms with Crippen LogP contribution in [0, 0.1) is 0 Å². The average molecular weight is 500 g/mol. The molecule has 0 spiro atoms. The second-order valence-corrected chi connectivity index (χ2v) is 9.23. The molecule has 2 amide bonds. The van der Waals surface area contributed by atoms with E-state index in [0.717, 1.165) is 16.2 Å². The van der Waals surface area contributed by atoms with Gasteiger partial charge >= 0.3 is 5.97 Å². The molecule has 180 valence electrons. The monoisotopic (exact) mass is 499 g/mol. The highest BCUT2D eigenvalue weighted by atomic mass is 32.1. The number of imide groups is 1. The summed E-state index contributed by atoms with van der Waals surface area (Å²) in [6.07, 6.45) is 1.46. The van der Waals surface area contributed by atoms with Crippen LogP contribution in [0.4, 0.5) is 5.69 Å². The maximum Gasteiger partial charge on any atom is 0.338 e. The number of hydrogen-bond acceptors (Lipinski definition) is 7. The molecule has 0 radical (unpaired) electrons. The highest BCUT2D eigenvalue weighted by molar-refractivity contribution is 7.07. The van der Waals surface area contributed by atoms with Crippen molar-refractivity contribution in [3.63, 3.8) is 0 Å². The minimum atomic E-state index is -0.801. The van der Waals surface area contributed by atoms with Crippen molar-refractivity contribution in [2.75, 3.05) is 11.5 Å². The van der Waals surface area contributed by atoms with Gasteiger partial charge in [0.15, 0.2) is 4.80 Å². The third-order valence-corrected chi connectivity index (χ3v) is 7.09. The van der Waals surface area contributed by atoms with E-state index in [1.54, 1.807) is 31.2 Å².